The number of nitrogens with zero attached hydrogens (tertiary/aromatic N) is 1. The molecule has 2 heterocycles. The lowest BCUT2D eigenvalue weighted by atomic mass is 10.0. The number of carbonyl (C=O) groups is 1. The van der Waals surface area contributed by atoms with Gasteiger partial charge in [-0.3, -0.25) is 4.79 Å². The number of aromatic nitrogens is 1. The van der Waals surface area contributed by atoms with Gasteiger partial charge in [0.2, 0.25) is 0 Å². The number of benzene rings is 2. The number of H-pyrrole nitrogens is 1. The van der Waals surface area contributed by atoms with Crippen LogP contribution in [-0.2, 0) is 0 Å². The van der Waals surface area contributed by atoms with Crippen LogP contribution in [0.5, 0.6) is 5.75 Å². The highest BCUT2D eigenvalue weighted by molar-refractivity contribution is 5.98. The first-order valence-electron chi connectivity index (χ1n) is 8.29. The number of aromatic amines is 1. The third kappa shape index (κ3) is 2.54. The summed E-state index contributed by atoms with van der Waals surface area (Å²) in [5.41, 5.74) is 2.79. The summed E-state index contributed by atoms with van der Waals surface area (Å²) in [5, 5.41) is 1.07. The van der Waals surface area contributed by atoms with Gasteiger partial charge >= 0.3 is 0 Å². The number of hydrogen-bond acceptors (Lipinski definition) is 2. The fourth-order valence-corrected chi connectivity index (χ4v) is 3.55. The highest BCUT2D eigenvalue weighted by Crippen LogP contribution is 2.34. The fraction of sp³-hybridized carbons (Fsp3) is 0.250. The summed E-state index contributed by atoms with van der Waals surface area (Å²) in [7, 11) is 1.67. The Kier molecular flexibility index (Phi) is 3.73. The van der Waals surface area contributed by atoms with Crippen LogP contribution in [0.2, 0.25) is 0 Å². The van der Waals surface area contributed by atoms with Gasteiger partial charge in [0, 0.05) is 17.4 Å². The van der Waals surface area contributed by atoms with Gasteiger partial charge in [-0.15, -0.1) is 0 Å². The van der Waals surface area contributed by atoms with Crippen LogP contribution in [-0.4, -0.2) is 29.4 Å². The van der Waals surface area contributed by atoms with Gasteiger partial charge in [0.15, 0.2) is 0 Å². The second-order valence-corrected chi connectivity index (χ2v) is 6.20. The molecule has 1 amide bonds. The maximum Gasteiger partial charge on any atom is 0.270 e. The molecule has 0 bridgehead atoms. The smallest absolute Gasteiger partial charge is 0.270 e. The summed E-state index contributed by atoms with van der Waals surface area (Å²) in [5.74, 6) is 0.897. The fourth-order valence-electron chi connectivity index (χ4n) is 3.55. The normalized spacial score (nSPS) is 17.4. The molecule has 4 nitrogen and oxygen atoms in total. The van der Waals surface area contributed by atoms with Crippen LogP contribution in [0.1, 0.15) is 34.9 Å². The summed E-state index contributed by atoms with van der Waals surface area (Å²) in [4.78, 5) is 18.2. The molecule has 3 aromatic rings. The summed E-state index contributed by atoms with van der Waals surface area (Å²) >= 11 is 0. The first-order valence-corrected chi connectivity index (χ1v) is 8.29. The predicted octanol–water partition coefficient (Wildman–Crippen LogP) is 4.15. The van der Waals surface area contributed by atoms with E-state index >= 15 is 0 Å². The number of likely N-dealkylation sites (tertiary alicyclic amines) is 1. The minimum Gasteiger partial charge on any atom is -0.497 e. The molecular weight excluding hydrogens is 300 g/mol. The topological polar surface area (TPSA) is 45.3 Å². The molecule has 1 fully saturated rings. The number of methoxy groups -OCH3 is 1. The van der Waals surface area contributed by atoms with Gasteiger partial charge in [0.25, 0.3) is 5.91 Å². The average Bonchev–Trinajstić information content (AvgIpc) is 3.28. The molecule has 2 aromatic carbocycles. The zero-order chi connectivity index (χ0) is 16.5. The third-order valence-corrected chi connectivity index (χ3v) is 4.75. The Bertz CT molecular complexity index is 851. The van der Waals surface area contributed by atoms with E-state index in [1.54, 1.807) is 7.11 Å². The van der Waals surface area contributed by atoms with Gasteiger partial charge in [0.05, 0.1) is 13.2 Å². The number of carbonyl (C=O) groups excluding carboxylic acids is 1. The molecule has 1 aliphatic rings. The number of nitrogens with one attached hydrogen (secondary N) is 1. The lowest BCUT2D eigenvalue weighted by Gasteiger charge is -2.25. The number of amides is 1. The van der Waals surface area contributed by atoms with Gasteiger partial charge in [-0.1, -0.05) is 30.3 Å². The van der Waals surface area contributed by atoms with Gasteiger partial charge in [-0.05, 0) is 42.7 Å². The Balaban J connectivity index is 1.65. The van der Waals surface area contributed by atoms with Crippen molar-refractivity contribution in [1.29, 1.82) is 0 Å². The van der Waals surface area contributed by atoms with Crippen molar-refractivity contribution in [2.45, 2.75) is 18.9 Å². The molecule has 122 valence electrons. The van der Waals surface area contributed by atoms with Crippen molar-refractivity contribution in [2.75, 3.05) is 13.7 Å². The van der Waals surface area contributed by atoms with Crippen LogP contribution in [0.3, 0.4) is 0 Å². The number of para-hydroxylation sites is 1. The average molecular weight is 320 g/mol. The van der Waals surface area contributed by atoms with Crippen molar-refractivity contribution in [3.8, 4) is 5.75 Å². The highest BCUT2D eigenvalue weighted by atomic mass is 16.5. The van der Waals surface area contributed by atoms with E-state index in [0.29, 0.717) is 5.69 Å². The monoisotopic (exact) mass is 320 g/mol. The van der Waals surface area contributed by atoms with Crippen molar-refractivity contribution >= 4 is 16.8 Å². The molecule has 0 spiro atoms. The van der Waals surface area contributed by atoms with E-state index in [4.69, 9.17) is 4.74 Å². The summed E-state index contributed by atoms with van der Waals surface area (Å²) in [6, 6.07) is 18.0. The minimum atomic E-state index is 0.0662. The maximum absolute atomic E-state index is 13.0. The standard InChI is InChI=1S/C20H20N2O2/c1-24-16-8-4-7-15(12-16)19-10-5-11-22(19)20(23)18-13-14-6-2-3-9-17(14)21-18/h2-4,6-9,12-13,19,21H,5,10-11H2,1H3. The molecule has 1 N–H and O–H groups in total. The van der Waals surface area contributed by atoms with Gasteiger partial charge in [0.1, 0.15) is 11.4 Å². The Morgan fingerprint density at radius 2 is 2.04 bits per heavy atom. The molecule has 4 heteroatoms. The van der Waals surface area contributed by atoms with E-state index in [1.165, 1.54) is 0 Å². The van der Waals surface area contributed by atoms with E-state index in [0.717, 1.165) is 41.6 Å². The van der Waals surface area contributed by atoms with Crippen LogP contribution >= 0.6 is 0 Å². The lowest BCUT2D eigenvalue weighted by molar-refractivity contribution is 0.0730. The molecule has 0 saturated carbocycles. The van der Waals surface area contributed by atoms with Crippen molar-refractivity contribution in [1.82, 2.24) is 9.88 Å². The number of hydrogen-bond donors (Lipinski definition) is 1. The minimum absolute atomic E-state index is 0.0662. The van der Waals surface area contributed by atoms with Crippen LogP contribution in [0.4, 0.5) is 0 Å². The second kappa shape index (κ2) is 6.04. The highest BCUT2D eigenvalue weighted by Gasteiger charge is 2.31. The van der Waals surface area contributed by atoms with Crippen molar-refractivity contribution in [3.05, 3.63) is 65.9 Å². The first kappa shape index (κ1) is 14.8. The van der Waals surface area contributed by atoms with Gasteiger partial charge < -0.3 is 14.6 Å². The number of fused-ring (bicyclic) bond motifs is 1. The van der Waals surface area contributed by atoms with E-state index in [1.807, 2.05) is 53.4 Å². The summed E-state index contributed by atoms with van der Waals surface area (Å²) in [6.45, 7) is 0.788. The molecule has 1 saturated heterocycles. The van der Waals surface area contributed by atoms with Crippen LogP contribution in [0.25, 0.3) is 10.9 Å². The van der Waals surface area contributed by atoms with Crippen LogP contribution in [0.15, 0.2) is 54.6 Å². The van der Waals surface area contributed by atoms with E-state index in [2.05, 4.69) is 11.1 Å². The van der Waals surface area contributed by atoms with Gasteiger partial charge in [-0.2, -0.15) is 0 Å². The molecule has 4 rings (SSSR count). The largest absolute Gasteiger partial charge is 0.497 e. The van der Waals surface area contributed by atoms with E-state index in [9.17, 15) is 4.79 Å². The Labute approximate surface area is 141 Å². The lowest BCUT2D eigenvalue weighted by Crippen LogP contribution is -2.30. The Morgan fingerprint density at radius 3 is 2.88 bits per heavy atom. The molecule has 1 aliphatic heterocycles. The SMILES string of the molecule is COc1cccc(C2CCCN2C(=O)c2cc3ccccc3[nH]2)c1. The van der Waals surface area contributed by atoms with Crippen LogP contribution < -0.4 is 4.74 Å². The van der Waals surface area contributed by atoms with E-state index < -0.39 is 0 Å². The quantitative estimate of drug-likeness (QED) is 0.788. The first-order chi connectivity index (χ1) is 11.8. The predicted molar refractivity (Wildman–Crippen MR) is 94.3 cm³/mol. The zero-order valence-electron chi connectivity index (χ0n) is 13.7. The number of ether oxygens (including phenoxy) is 1. The summed E-state index contributed by atoms with van der Waals surface area (Å²) in [6.07, 6.45) is 2.01. The molecule has 0 aliphatic carbocycles. The third-order valence-electron chi connectivity index (χ3n) is 4.75. The van der Waals surface area contributed by atoms with E-state index in [-0.39, 0.29) is 11.9 Å². The van der Waals surface area contributed by atoms with Crippen molar-refractivity contribution < 1.29 is 9.53 Å². The second-order valence-electron chi connectivity index (χ2n) is 6.20. The maximum atomic E-state index is 13.0. The van der Waals surface area contributed by atoms with Crippen molar-refractivity contribution in [3.63, 3.8) is 0 Å². The molecule has 24 heavy (non-hydrogen) atoms. The molecule has 1 unspecified atom stereocenters. The Morgan fingerprint density at radius 1 is 1.17 bits per heavy atom. The Hall–Kier alpha value is -2.75. The number of rotatable bonds is 3. The molecule has 0 radical (unpaired) electrons. The molecule has 1 aromatic heterocycles. The molecular formula is C20H20N2O2. The zero-order valence-corrected chi connectivity index (χ0v) is 13.7. The van der Waals surface area contributed by atoms with Crippen molar-refractivity contribution in [2.24, 2.45) is 0 Å². The van der Waals surface area contributed by atoms with Crippen LogP contribution in [0, 0.1) is 0 Å². The van der Waals surface area contributed by atoms with Gasteiger partial charge in [-0.25, -0.2) is 0 Å². The molecule has 1 atom stereocenters. The summed E-state index contributed by atoms with van der Waals surface area (Å²) < 4.78 is 5.33.